The lowest BCUT2D eigenvalue weighted by atomic mass is 10.0. The highest BCUT2D eigenvalue weighted by molar-refractivity contribution is 9.10. The van der Waals surface area contributed by atoms with E-state index in [1.54, 1.807) is 12.1 Å². The molecule has 1 aromatic rings. The van der Waals surface area contributed by atoms with Gasteiger partial charge >= 0.3 is 0 Å². The maximum Gasteiger partial charge on any atom is 0.123 e. The summed E-state index contributed by atoms with van der Waals surface area (Å²) in [7, 11) is 0. The van der Waals surface area contributed by atoms with Gasteiger partial charge in [0.15, 0.2) is 0 Å². The van der Waals surface area contributed by atoms with Crippen LogP contribution in [0.1, 0.15) is 51.1 Å². The Bertz CT molecular complexity index is 458. The van der Waals surface area contributed by atoms with E-state index < -0.39 is 0 Å². The lowest BCUT2D eigenvalue weighted by Crippen LogP contribution is -2.42. The second-order valence-corrected chi connectivity index (χ2v) is 7.30. The Labute approximate surface area is 136 Å². The van der Waals surface area contributed by atoms with Gasteiger partial charge in [-0.3, -0.25) is 4.90 Å². The van der Waals surface area contributed by atoms with Gasteiger partial charge in [-0.05, 0) is 42.5 Å². The molecule has 0 aliphatic heterocycles. The third-order valence-electron chi connectivity index (χ3n) is 4.31. The van der Waals surface area contributed by atoms with Crippen LogP contribution in [0.4, 0.5) is 4.39 Å². The molecule has 0 spiro atoms. The molecule has 118 valence electrons. The van der Waals surface area contributed by atoms with Crippen molar-refractivity contribution >= 4 is 15.9 Å². The van der Waals surface area contributed by atoms with Gasteiger partial charge in [-0.15, -0.1) is 0 Å². The van der Waals surface area contributed by atoms with Gasteiger partial charge in [0.2, 0.25) is 0 Å². The van der Waals surface area contributed by atoms with Crippen LogP contribution in [0.25, 0.3) is 0 Å². The average Bonchev–Trinajstić information content (AvgIpc) is 2.95. The molecule has 1 atom stereocenters. The van der Waals surface area contributed by atoms with E-state index in [0.717, 1.165) is 16.6 Å². The summed E-state index contributed by atoms with van der Waals surface area (Å²) in [5, 5.41) is 0. The average molecular weight is 357 g/mol. The topological polar surface area (TPSA) is 29.3 Å². The minimum atomic E-state index is -0.192. The molecule has 4 heteroatoms. The summed E-state index contributed by atoms with van der Waals surface area (Å²) < 4.78 is 14.6. The quantitative estimate of drug-likeness (QED) is 0.813. The van der Waals surface area contributed by atoms with Gasteiger partial charge < -0.3 is 5.73 Å². The van der Waals surface area contributed by atoms with Crippen molar-refractivity contribution in [3.05, 3.63) is 34.1 Å². The van der Waals surface area contributed by atoms with Crippen LogP contribution in [0, 0.1) is 11.7 Å². The van der Waals surface area contributed by atoms with E-state index in [2.05, 4.69) is 34.7 Å². The van der Waals surface area contributed by atoms with Gasteiger partial charge in [-0.1, -0.05) is 42.6 Å². The van der Waals surface area contributed by atoms with E-state index in [1.807, 2.05) is 0 Å². The standard InChI is InChI=1S/C17H26BrFN2/c1-12(2)11-21(14-5-3-4-6-14)17(10-20)15-9-13(19)7-8-16(15)18/h7-9,12,14,17H,3-6,10-11,20H2,1-2H3. The summed E-state index contributed by atoms with van der Waals surface area (Å²) in [6.45, 7) is 5.99. The zero-order chi connectivity index (χ0) is 15.4. The van der Waals surface area contributed by atoms with Crippen LogP contribution >= 0.6 is 15.9 Å². The second kappa shape index (κ2) is 7.70. The Morgan fingerprint density at radius 2 is 2.00 bits per heavy atom. The van der Waals surface area contributed by atoms with Crippen molar-refractivity contribution in [1.82, 2.24) is 4.90 Å². The van der Waals surface area contributed by atoms with Crippen LogP contribution in [-0.4, -0.2) is 24.0 Å². The summed E-state index contributed by atoms with van der Waals surface area (Å²) in [6, 6.07) is 5.57. The van der Waals surface area contributed by atoms with Crippen LogP contribution < -0.4 is 5.73 Å². The van der Waals surface area contributed by atoms with Crippen molar-refractivity contribution in [2.75, 3.05) is 13.1 Å². The Morgan fingerprint density at radius 1 is 1.33 bits per heavy atom. The molecule has 1 fully saturated rings. The molecule has 0 aromatic heterocycles. The molecule has 2 rings (SSSR count). The molecular weight excluding hydrogens is 331 g/mol. The maximum atomic E-state index is 13.7. The van der Waals surface area contributed by atoms with Gasteiger partial charge in [0.05, 0.1) is 0 Å². The molecule has 1 aromatic carbocycles. The third kappa shape index (κ3) is 4.27. The number of hydrogen-bond donors (Lipinski definition) is 1. The molecule has 0 saturated heterocycles. The zero-order valence-corrected chi connectivity index (χ0v) is 14.6. The molecule has 0 bridgehead atoms. The minimum absolute atomic E-state index is 0.0839. The molecular formula is C17H26BrFN2. The predicted octanol–water partition coefficient (Wildman–Crippen LogP) is 4.49. The molecule has 21 heavy (non-hydrogen) atoms. The van der Waals surface area contributed by atoms with Crippen molar-refractivity contribution in [1.29, 1.82) is 0 Å². The molecule has 0 amide bonds. The van der Waals surface area contributed by atoms with Gasteiger partial charge in [-0.2, -0.15) is 0 Å². The Morgan fingerprint density at radius 3 is 2.57 bits per heavy atom. The first kappa shape index (κ1) is 16.9. The van der Waals surface area contributed by atoms with Crippen LogP contribution in [-0.2, 0) is 0 Å². The third-order valence-corrected chi connectivity index (χ3v) is 5.03. The van der Waals surface area contributed by atoms with Gasteiger partial charge in [0.1, 0.15) is 5.82 Å². The monoisotopic (exact) mass is 356 g/mol. The van der Waals surface area contributed by atoms with E-state index in [9.17, 15) is 4.39 Å². The smallest absolute Gasteiger partial charge is 0.123 e. The summed E-state index contributed by atoms with van der Waals surface area (Å²) in [4.78, 5) is 2.51. The van der Waals surface area contributed by atoms with Gasteiger partial charge in [0, 0.05) is 29.6 Å². The lowest BCUT2D eigenvalue weighted by molar-refractivity contribution is 0.121. The number of halogens is 2. The molecule has 2 N–H and O–H groups in total. The van der Waals surface area contributed by atoms with Crippen LogP contribution in [0.5, 0.6) is 0 Å². The molecule has 0 radical (unpaired) electrons. The summed E-state index contributed by atoms with van der Waals surface area (Å²) in [5.74, 6) is 0.384. The fourth-order valence-electron chi connectivity index (χ4n) is 3.40. The molecule has 1 aliphatic rings. The number of rotatable bonds is 6. The lowest BCUT2D eigenvalue weighted by Gasteiger charge is -2.38. The first-order valence-electron chi connectivity index (χ1n) is 7.93. The van der Waals surface area contributed by atoms with Crippen LogP contribution in [0.15, 0.2) is 22.7 Å². The van der Waals surface area contributed by atoms with E-state index in [4.69, 9.17) is 5.73 Å². The van der Waals surface area contributed by atoms with Crippen molar-refractivity contribution in [3.8, 4) is 0 Å². The van der Waals surface area contributed by atoms with E-state index >= 15 is 0 Å². The highest BCUT2D eigenvalue weighted by atomic mass is 79.9. The van der Waals surface area contributed by atoms with E-state index in [1.165, 1.54) is 31.7 Å². The van der Waals surface area contributed by atoms with Gasteiger partial charge in [-0.25, -0.2) is 4.39 Å². The Hall–Kier alpha value is -0.450. The number of benzene rings is 1. The molecule has 1 aliphatic carbocycles. The van der Waals surface area contributed by atoms with E-state index in [0.29, 0.717) is 18.5 Å². The number of nitrogens with zero attached hydrogens (tertiary/aromatic N) is 1. The van der Waals surface area contributed by atoms with Crippen molar-refractivity contribution < 1.29 is 4.39 Å². The van der Waals surface area contributed by atoms with E-state index in [-0.39, 0.29) is 11.9 Å². The highest BCUT2D eigenvalue weighted by Crippen LogP contribution is 2.34. The first-order valence-corrected chi connectivity index (χ1v) is 8.73. The SMILES string of the molecule is CC(C)CN(C1CCCC1)C(CN)c1cc(F)ccc1Br. The van der Waals surface area contributed by atoms with Crippen molar-refractivity contribution in [2.45, 2.75) is 51.6 Å². The summed E-state index contributed by atoms with van der Waals surface area (Å²) in [5.41, 5.74) is 7.06. The normalized spacial score (nSPS) is 17.9. The van der Waals surface area contributed by atoms with Crippen molar-refractivity contribution in [3.63, 3.8) is 0 Å². The number of nitrogens with two attached hydrogens (primary N) is 1. The maximum absolute atomic E-state index is 13.7. The number of hydrogen-bond acceptors (Lipinski definition) is 2. The Balaban J connectivity index is 2.31. The van der Waals surface area contributed by atoms with Gasteiger partial charge in [0.25, 0.3) is 0 Å². The molecule has 1 unspecified atom stereocenters. The van der Waals surface area contributed by atoms with Crippen molar-refractivity contribution in [2.24, 2.45) is 11.7 Å². The Kier molecular flexibility index (Phi) is 6.20. The molecule has 1 saturated carbocycles. The van der Waals surface area contributed by atoms with Crippen LogP contribution in [0.2, 0.25) is 0 Å². The summed E-state index contributed by atoms with van der Waals surface area (Å²) in [6.07, 6.45) is 5.05. The molecule has 0 heterocycles. The summed E-state index contributed by atoms with van der Waals surface area (Å²) >= 11 is 3.57. The largest absolute Gasteiger partial charge is 0.329 e. The first-order chi connectivity index (χ1) is 10.0. The fraction of sp³-hybridized carbons (Fsp3) is 0.647. The second-order valence-electron chi connectivity index (χ2n) is 6.45. The minimum Gasteiger partial charge on any atom is -0.329 e. The highest BCUT2D eigenvalue weighted by Gasteiger charge is 2.30. The zero-order valence-electron chi connectivity index (χ0n) is 13.0. The molecule has 2 nitrogen and oxygen atoms in total. The fourth-order valence-corrected chi connectivity index (χ4v) is 3.91. The predicted molar refractivity (Wildman–Crippen MR) is 89.7 cm³/mol. The van der Waals surface area contributed by atoms with Crippen LogP contribution in [0.3, 0.4) is 0 Å².